The molecule has 0 heterocycles. The third-order valence-electron chi connectivity index (χ3n) is 1.15. The van der Waals surface area contributed by atoms with Crippen LogP contribution in [0.25, 0.3) is 0 Å². The van der Waals surface area contributed by atoms with Gasteiger partial charge in [-0.15, -0.1) is 0 Å². The van der Waals surface area contributed by atoms with E-state index < -0.39 is 0 Å². The van der Waals surface area contributed by atoms with Gasteiger partial charge in [-0.25, -0.2) is 0 Å². The molecule has 0 saturated heterocycles. The molecule has 0 rings (SSSR count). The van der Waals surface area contributed by atoms with Crippen molar-refractivity contribution in [3.05, 3.63) is 0 Å². The molecule has 10 heavy (non-hydrogen) atoms. The highest BCUT2D eigenvalue weighted by atomic mass is 16.5. The Morgan fingerprint density at radius 3 is 2.80 bits per heavy atom. The summed E-state index contributed by atoms with van der Waals surface area (Å²) in [5.41, 5.74) is 0. The smallest absolute Gasteiger partial charge is 0.0965 e. The molecular formula is C7H17NO2. The van der Waals surface area contributed by atoms with E-state index in [1.807, 2.05) is 6.92 Å². The van der Waals surface area contributed by atoms with E-state index in [-0.39, 0.29) is 6.10 Å². The second-order valence-electron chi connectivity index (χ2n) is 2.27. The molecule has 3 nitrogen and oxygen atoms in total. The van der Waals surface area contributed by atoms with Crippen LogP contribution in [0.4, 0.5) is 0 Å². The van der Waals surface area contributed by atoms with Gasteiger partial charge in [0.25, 0.3) is 0 Å². The molecule has 0 bridgehead atoms. The minimum Gasteiger partial charge on any atom is -0.393 e. The van der Waals surface area contributed by atoms with Crippen LogP contribution in [0.1, 0.15) is 20.3 Å². The fraction of sp³-hybridized carbons (Fsp3) is 1.00. The maximum Gasteiger partial charge on any atom is 0.0965 e. The zero-order chi connectivity index (χ0) is 7.82. The summed E-state index contributed by atoms with van der Waals surface area (Å²) in [6.07, 6.45) is 0.571. The van der Waals surface area contributed by atoms with E-state index in [1.54, 1.807) is 6.92 Å². The molecule has 3 heteroatoms. The van der Waals surface area contributed by atoms with Crippen LogP contribution in [-0.4, -0.2) is 31.1 Å². The summed E-state index contributed by atoms with van der Waals surface area (Å²) in [5.74, 6) is 0. The van der Waals surface area contributed by atoms with Gasteiger partial charge in [-0.3, -0.25) is 5.32 Å². The van der Waals surface area contributed by atoms with E-state index >= 15 is 0 Å². The summed E-state index contributed by atoms with van der Waals surface area (Å²) in [6.45, 7) is 5.88. The van der Waals surface area contributed by atoms with E-state index in [9.17, 15) is 0 Å². The number of hydrogen-bond donors (Lipinski definition) is 2. The maximum absolute atomic E-state index is 8.83. The lowest BCUT2D eigenvalue weighted by molar-refractivity contribution is 0.121. The molecule has 0 aromatic carbocycles. The molecule has 0 aliphatic carbocycles. The second kappa shape index (κ2) is 6.99. The molecule has 0 saturated carbocycles. The number of nitrogens with one attached hydrogen (secondary N) is 1. The highest BCUT2D eigenvalue weighted by Crippen LogP contribution is 1.84. The number of ether oxygens (including phenoxy) is 1. The number of rotatable bonds is 6. The molecule has 2 N–H and O–H groups in total. The van der Waals surface area contributed by atoms with Crippen LogP contribution in [0.2, 0.25) is 0 Å². The number of hydrogen-bond acceptors (Lipinski definition) is 3. The van der Waals surface area contributed by atoms with Gasteiger partial charge in [0, 0.05) is 6.61 Å². The normalized spacial score (nSPS) is 13.5. The van der Waals surface area contributed by atoms with Crippen molar-refractivity contribution >= 4 is 0 Å². The Bertz CT molecular complexity index is 66.6. The van der Waals surface area contributed by atoms with Crippen LogP contribution in [-0.2, 0) is 4.74 Å². The first-order valence-electron chi connectivity index (χ1n) is 3.74. The quantitative estimate of drug-likeness (QED) is 0.420. The molecule has 0 aliphatic rings. The number of aliphatic hydroxyl groups excluding tert-OH is 1. The van der Waals surface area contributed by atoms with Crippen molar-refractivity contribution in [2.75, 3.05) is 19.9 Å². The molecule has 62 valence electrons. The summed E-state index contributed by atoms with van der Waals surface area (Å²) < 4.78 is 5.02. The lowest BCUT2D eigenvalue weighted by atomic mass is 10.3. The van der Waals surface area contributed by atoms with E-state index in [2.05, 4.69) is 5.32 Å². The van der Waals surface area contributed by atoms with Crippen molar-refractivity contribution in [3.8, 4) is 0 Å². The first kappa shape index (κ1) is 9.88. The van der Waals surface area contributed by atoms with Crippen molar-refractivity contribution in [1.82, 2.24) is 5.32 Å². The van der Waals surface area contributed by atoms with Gasteiger partial charge in [0.15, 0.2) is 0 Å². The van der Waals surface area contributed by atoms with Crippen molar-refractivity contribution in [2.45, 2.75) is 26.4 Å². The lowest BCUT2D eigenvalue weighted by Gasteiger charge is -2.05. The SMILES string of the molecule is CCOCNCCC(C)O. The molecule has 0 aromatic heterocycles. The predicted molar refractivity (Wildman–Crippen MR) is 40.8 cm³/mol. The van der Waals surface area contributed by atoms with Crippen molar-refractivity contribution in [1.29, 1.82) is 0 Å². The molecule has 0 radical (unpaired) electrons. The third-order valence-corrected chi connectivity index (χ3v) is 1.15. The predicted octanol–water partition coefficient (Wildman–Crippen LogP) is 0.341. The van der Waals surface area contributed by atoms with Crippen LogP contribution >= 0.6 is 0 Å². The Morgan fingerprint density at radius 2 is 2.30 bits per heavy atom. The Kier molecular flexibility index (Phi) is 6.91. The van der Waals surface area contributed by atoms with Crippen LogP contribution < -0.4 is 5.32 Å². The van der Waals surface area contributed by atoms with Crippen molar-refractivity contribution < 1.29 is 9.84 Å². The molecule has 0 spiro atoms. The monoisotopic (exact) mass is 147 g/mol. The number of aliphatic hydroxyl groups is 1. The van der Waals surface area contributed by atoms with Crippen LogP contribution in [0.15, 0.2) is 0 Å². The Hall–Kier alpha value is -0.120. The second-order valence-corrected chi connectivity index (χ2v) is 2.27. The molecule has 0 fully saturated rings. The van der Waals surface area contributed by atoms with Gasteiger partial charge >= 0.3 is 0 Å². The molecule has 1 atom stereocenters. The fourth-order valence-electron chi connectivity index (χ4n) is 0.557. The molecule has 0 amide bonds. The van der Waals surface area contributed by atoms with Crippen molar-refractivity contribution in [3.63, 3.8) is 0 Å². The van der Waals surface area contributed by atoms with Crippen LogP contribution in [0.5, 0.6) is 0 Å². The average molecular weight is 147 g/mol. The first-order valence-corrected chi connectivity index (χ1v) is 3.74. The Balaban J connectivity index is 2.77. The molecule has 0 aromatic rings. The summed E-state index contributed by atoms with van der Waals surface area (Å²) >= 11 is 0. The highest BCUT2D eigenvalue weighted by molar-refractivity contribution is 4.48. The zero-order valence-electron chi connectivity index (χ0n) is 6.76. The summed E-state index contributed by atoms with van der Waals surface area (Å²) in [6, 6.07) is 0. The highest BCUT2D eigenvalue weighted by Gasteiger charge is 1.92. The van der Waals surface area contributed by atoms with Gasteiger partial charge in [-0.2, -0.15) is 0 Å². The topological polar surface area (TPSA) is 41.5 Å². The summed E-state index contributed by atoms with van der Waals surface area (Å²) in [4.78, 5) is 0. The minimum absolute atomic E-state index is 0.214. The minimum atomic E-state index is -0.214. The van der Waals surface area contributed by atoms with Crippen LogP contribution in [0, 0.1) is 0 Å². The Labute approximate surface area is 62.4 Å². The Morgan fingerprint density at radius 1 is 1.60 bits per heavy atom. The zero-order valence-corrected chi connectivity index (χ0v) is 6.76. The largest absolute Gasteiger partial charge is 0.393 e. The first-order chi connectivity index (χ1) is 4.77. The van der Waals surface area contributed by atoms with E-state index in [0.717, 1.165) is 19.6 Å². The van der Waals surface area contributed by atoms with Gasteiger partial charge in [0.05, 0.1) is 12.8 Å². The van der Waals surface area contributed by atoms with Gasteiger partial charge in [-0.05, 0) is 26.8 Å². The summed E-state index contributed by atoms with van der Waals surface area (Å²) in [7, 11) is 0. The maximum atomic E-state index is 8.83. The van der Waals surface area contributed by atoms with Gasteiger partial charge in [-0.1, -0.05) is 0 Å². The molecule has 0 aliphatic heterocycles. The molecule has 1 unspecified atom stereocenters. The van der Waals surface area contributed by atoms with Crippen molar-refractivity contribution in [2.24, 2.45) is 0 Å². The standard InChI is InChI=1S/C7H17NO2/c1-3-10-6-8-5-4-7(2)9/h7-9H,3-6H2,1-2H3. The van der Waals surface area contributed by atoms with Gasteiger partial charge in [0.2, 0.25) is 0 Å². The van der Waals surface area contributed by atoms with Gasteiger partial charge in [0.1, 0.15) is 0 Å². The van der Waals surface area contributed by atoms with E-state index in [0.29, 0.717) is 6.73 Å². The van der Waals surface area contributed by atoms with Gasteiger partial charge < -0.3 is 9.84 Å². The van der Waals surface area contributed by atoms with Crippen LogP contribution in [0.3, 0.4) is 0 Å². The van der Waals surface area contributed by atoms with E-state index in [4.69, 9.17) is 9.84 Å². The molecular weight excluding hydrogens is 130 g/mol. The fourth-order valence-corrected chi connectivity index (χ4v) is 0.557. The third kappa shape index (κ3) is 7.88. The average Bonchev–Trinajstić information content (AvgIpc) is 1.87. The van der Waals surface area contributed by atoms with E-state index in [1.165, 1.54) is 0 Å². The summed E-state index contributed by atoms with van der Waals surface area (Å²) in [5, 5.41) is 11.9. The lowest BCUT2D eigenvalue weighted by Crippen LogP contribution is -2.21.